The number of nitrogens with zero attached hydrogens (tertiary/aromatic N) is 1. The van der Waals surface area contributed by atoms with E-state index >= 15 is 0 Å². The van der Waals surface area contributed by atoms with Crippen LogP contribution in [0.25, 0.3) is 0 Å². The fraction of sp³-hybridized carbons (Fsp3) is 0.385. The molecule has 90 valence electrons. The van der Waals surface area contributed by atoms with E-state index in [2.05, 4.69) is 31.1 Å². The molecule has 0 amide bonds. The topological polar surface area (TPSA) is 43.1 Å². The van der Waals surface area contributed by atoms with Crippen LogP contribution in [0.15, 0.2) is 12.1 Å². The van der Waals surface area contributed by atoms with Gasteiger partial charge in [-0.25, -0.2) is 0 Å². The van der Waals surface area contributed by atoms with Crippen molar-refractivity contribution in [3.63, 3.8) is 0 Å². The number of hydrogen-bond acceptors (Lipinski definition) is 2. The third-order valence-corrected chi connectivity index (χ3v) is 3.19. The Morgan fingerprint density at radius 2 is 1.76 bits per heavy atom. The summed E-state index contributed by atoms with van der Waals surface area (Å²) in [7, 11) is -1.41. The molecule has 4 heteroatoms. The molecule has 0 saturated carbocycles. The third-order valence-electron chi connectivity index (χ3n) is 2.31. The zero-order valence-electron chi connectivity index (χ0n) is 10.9. The first-order chi connectivity index (χ1) is 7.70. The summed E-state index contributed by atoms with van der Waals surface area (Å²) in [5.74, 6) is 3.15. The van der Waals surface area contributed by atoms with Crippen LogP contribution < -0.4 is 0 Å². The second-order valence-electron chi connectivity index (χ2n) is 5.21. The molecule has 0 aromatic heterocycles. The van der Waals surface area contributed by atoms with Gasteiger partial charge < -0.3 is 0 Å². The van der Waals surface area contributed by atoms with Crippen LogP contribution in [0.5, 0.6) is 0 Å². The van der Waals surface area contributed by atoms with Crippen LogP contribution in [-0.4, -0.2) is 13.0 Å². The van der Waals surface area contributed by atoms with Crippen molar-refractivity contribution in [2.24, 2.45) is 0 Å². The summed E-state index contributed by atoms with van der Waals surface area (Å²) in [5, 5.41) is 10.8. The van der Waals surface area contributed by atoms with Crippen molar-refractivity contribution in [1.29, 1.82) is 0 Å². The van der Waals surface area contributed by atoms with Gasteiger partial charge >= 0.3 is 0 Å². The number of aryl methyl sites for hydroxylation is 2. The lowest BCUT2D eigenvalue weighted by atomic mass is 10.0. The molecule has 0 aliphatic rings. The lowest BCUT2D eigenvalue weighted by Crippen LogP contribution is -2.16. The van der Waals surface area contributed by atoms with Crippen molar-refractivity contribution >= 4 is 13.8 Å². The molecule has 1 rings (SSSR count). The normalized spacial score (nSPS) is 10.6. The lowest BCUT2D eigenvalue weighted by Gasteiger charge is -2.05. The number of hydrogen-bond donors (Lipinski definition) is 0. The summed E-state index contributed by atoms with van der Waals surface area (Å²) in [5.41, 5.74) is 5.88. The van der Waals surface area contributed by atoms with E-state index in [9.17, 15) is 10.1 Å². The summed E-state index contributed by atoms with van der Waals surface area (Å²) in [6, 6.07) is 3.41. The maximum absolute atomic E-state index is 10.8. The van der Waals surface area contributed by atoms with Crippen LogP contribution in [0.1, 0.15) is 16.7 Å². The van der Waals surface area contributed by atoms with Gasteiger partial charge in [-0.2, -0.15) is 0 Å². The fourth-order valence-electron chi connectivity index (χ4n) is 1.39. The van der Waals surface area contributed by atoms with E-state index in [0.717, 1.165) is 11.1 Å². The van der Waals surface area contributed by atoms with Crippen LogP contribution in [0.3, 0.4) is 0 Å². The Morgan fingerprint density at radius 1 is 1.18 bits per heavy atom. The Labute approximate surface area is 103 Å². The first-order valence-electron chi connectivity index (χ1n) is 5.49. The second-order valence-corrected chi connectivity index (χ2v) is 9.96. The Morgan fingerprint density at radius 3 is 2.24 bits per heavy atom. The maximum Gasteiger partial charge on any atom is 0.272 e. The molecule has 3 nitrogen and oxygen atoms in total. The quantitative estimate of drug-likeness (QED) is 0.330. The van der Waals surface area contributed by atoms with E-state index in [1.54, 1.807) is 19.1 Å². The van der Waals surface area contributed by atoms with Gasteiger partial charge in [-0.05, 0) is 25.5 Å². The summed E-state index contributed by atoms with van der Waals surface area (Å²) in [4.78, 5) is 10.4. The molecule has 17 heavy (non-hydrogen) atoms. The average Bonchev–Trinajstić information content (AvgIpc) is 2.17. The molecular weight excluding hydrogens is 230 g/mol. The SMILES string of the molecule is Cc1cc([N+](=O)[O-])c(C)cc1C#C[Si](C)(C)C. The van der Waals surface area contributed by atoms with Crippen molar-refractivity contribution in [3.8, 4) is 11.5 Å². The van der Waals surface area contributed by atoms with Crippen LogP contribution in [-0.2, 0) is 0 Å². The molecule has 0 aliphatic heterocycles. The van der Waals surface area contributed by atoms with Gasteiger partial charge in [0.2, 0.25) is 0 Å². The second kappa shape index (κ2) is 4.72. The Bertz CT molecular complexity index is 519. The lowest BCUT2D eigenvalue weighted by molar-refractivity contribution is -0.385. The molecule has 0 aliphatic carbocycles. The van der Waals surface area contributed by atoms with Gasteiger partial charge in [0.1, 0.15) is 8.07 Å². The highest BCUT2D eigenvalue weighted by molar-refractivity contribution is 6.83. The van der Waals surface area contributed by atoms with E-state index in [1.165, 1.54) is 0 Å². The molecule has 0 atom stereocenters. The van der Waals surface area contributed by atoms with Crippen LogP contribution in [0, 0.1) is 35.4 Å². The van der Waals surface area contributed by atoms with Gasteiger partial charge in [0.25, 0.3) is 5.69 Å². The summed E-state index contributed by atoms with van der Waals surface area (Å²) in [6.45, 7) is 10.1. The fourth-order valence-corrected chi connectivity index (χ4v) is 1.90. The summed E-state index contributed by atoms with van der Waals surface area (Å²) >= 11 is 0. The van der Waals surface area contributed by atoms with Crippen molar-refractivity contribution < 1.29 is 4.92 Å². The summed E-state index contributed by atoms with van der Waals surface area (Å²) < 4.78 is 0. The molecule has 0 unspecified atom stereocenters. The van der Waals surface area contributed by atoms with E-state index in [1.807, 2.05) is 6.92 Å². The van der Waals surface area contributed by atoms with E-state index in [0.29, 0.717) is 5.56 Å². The molecular formula is C13H17NO2Si. The van der Waals surface area contributed by atoms with Gasteiger partial charge in [-0.15, -0.1) is 5.54 Å². The predicted molar refractivity (Wildman–Crippen MR) is 72.8 cm³/mol. The van der Waals surface area contributed by atoms with Crippen LogP contribution in [0.4, 0.5) is 5.69 Å². The highest BCUT2D eigenvalue weighted by atomic mass is 28.3. The number of nitro benzene ring substituents is 1. The zero-order valence-corrected chi connectivity index (χ0v) is 11.9. The molecule has 0 fully saturated rings. The molecule has 1 aromatic carbocycles. The minimum absolute atomic E-state index is 0.168. The first-order valence-corrected chi connectivity index (χ1v) is 8.99. The molecule has 0 saturated heterocycles. The van der Waals surface area contributed by atoms with E-state index < -0.39 is 8.07 Å². The van der Waals surface area contributed by atoms with E-state index in [4.69, 9.17) is 0 Å². The molecule has 0 spiro atoms. The standard InChI is InChI=1S/C13H17NO2Si/c1-10-9-13(14(15)16)11(2)8-12(10)6-7-17(3,4)5/h8-9H,1-5H3. The maximum atomic E-state index is 10.8. The van der Waals surface area contributed by atoms with Gasteiger partial charge in [-0.3, -0.25) is 10.1 Å². The highest BCUT2D eigenvalue weighted by Gasteiger charge is 2.13. The Balaban J connectivity index is 3.25. The minimum Gasteiger partial charge on any atom is -0.258 e. The monoisotopic (exact) mass is 247 g/mol. The molecule has 0 N–H and O–H groups in total. The largest absolute Gasteiger partial charge is 0.272 e. The number of nitro groups is 1. The van der Waals surface area contributed by atoms with Crippen molar-refractivity contribution in [2.75, 3.05) is 0 Å². The molecule has 0 bridgehead atoms. The van der Waals surface area contributed by atoms with Gasteiger partial charge in [-0.1, -0.05) is 25.6 Å². The van der Waals surface area contributed by atoms with Gasteiger partial charge in [0, 0.05) is 17.2 Å². The minimum atomic E-state index is -1.41. The summed E-state index contributed by atoms with van der Waals surface area (Å²) in [6.07, 6.45) is 0. The van der Waals surface area contributed by atoms with Crippen molar-refractivity contribution in [1.82, 2.24) is 0 Å². The molecule has 0 heterocycles. The van der Waals surface area contributed by atoms with Crippen molar-refractivity contribution in [2.45, 2.75) is 33.5 Å². The van der Waals surface area contributed by atoms with Gasteiger partial charge in [0.15, 0.2) is 0 Å². The average molecular weight is 247 g/mol. The van der Waals surface area contributed by atoms with Crippen LogP contribution in [0.2, 0.25) is 19.6 Å². The molecule has 1 aromatic rings. The zero-order chi connectivity index (χ0) is 13.2. The third kappa shape index (κ3) is 3.72. The highest BCUT2D eigenvalue weighted by Crippen LogP contribution is 2.22. The number of rotatable bonds is 1. The van der Waals surface area contributed by atoms with Gasteiger partial charge in [0.05, 0.1) is 4.92 Å². The molecule has 0 radical (unpaired) electrons. The van der Waals surface area contributed by atoms with E-state index in [-0.39, 0.29) is 10.6 Å². The Hall–Kier alpha value is -1.60. The van der Waals surface area contributed by atoms with Crippen molar-refractivity contribution in [3.05, 3.63) is 38.9 Å². The number of benzene rings is 1. The Kier molecular flexibility index (Phi) is 3.74. The first kappa shape index (κ1) is 13.5. The van der Waals surface area contributed by atoms with Crippen LogP contribution >= 0.6 is 0 Å². The predicted octanol–water partition coefficient (Wildman–Crippen LogP) is 3.44. The smallest absolute Gasteiger partial charge is 0.258 e.